The molecule has 0 fully saturated rings. The molecule has 4 nitrogen and oxygen atoms in total. The molecule has 28 heavy (non-hydrogen) atoms. The van der Waals surface area contributed by atoms with Crippen LogP contribution in [0.3, 0.4) is 0 Å². The summed E-state index contributed by atoms with van der Waals surface area (Å²) in [6.45, 7) is 1.16. The fourth-order valence-corrected chi connectivity index (χ4v) is 3.12. The molecule has 144 valence electrons. The van der Waals surface area contributed by atoms with Gasteiger partial charge in [0.2, 0.25) is 0 Å². The molecule has 0 spiro atoms. The average Bonchev–Trinajstić information content (AvgIpc) is 2.69. The molecule has 3 aromatic rings. The van der Waals surface area contributed by atoms with Gasteiger partial charge in [-0.3, -0.25) is 9.78 Å². The van der Waals surface area contributed by atoms with E-state index in [1.54, 1.807) is 24.4 Å². The number of amides is 1. The molecule has 2 aromatic carbocycles. The highest BCUT2D eigenvalue weighted by atomic mass is 19.1. The van der Waals surface area contributed by atoms with Crippen LogP contribution in [0.2, 0.25) is 0 Å². The van der Waals surface area contributed by atoms with Crippen LogP contribution in [0.15, 0.2) is 66.9 Å². The number of hydrogen-bond donors (Lipinski definition) is 1. The van der Waals surface area contributed by atoms with E-state index >= 15 is 0 Å². The number of benzene rings is 2. The highest BCUT2D eigenvalue weighted by Crippen LogP contribution is 2.23. The summed E-state index contributed by atoms with van der Waals surface area (Å²) >= 11 is 0. The Kier molecular flexibility index (Phi) is 6.50. The summed E-state index contributed by atoms with van der Waals surface area (Å²) in [5.74, 6) is -0.516. The summed E-state index contributed by atoms with van der Waals surface area (Å²) in [6, 6.07) is 18.4. The van der Waals surface area contributed by atoms with Gasteiger partial charge in [0.15, 0.2) is 0 Å². The van der Waals surface area contributed by atoms with E-state index in [4.69, 9.17) is 0 Å². The molecule has 1 amide bonds. The molecule has 1 N–H and O–H groups in total. The Labute approximate surface area is 165 Å². The van der Waals surface area contributed by atoms with Gasteiger partial charge in [0.05, 0.1) is 0 Å². The number of rotatable bonds is 7. The van der Waals surface area contributed by atoms with Crippen LogP contribution >= 0.6 is 0 Å². The summed E-state index contributed by atoms with van der Waals surface area (Å²) in [6.07, 6.45) is 2.04. The van der Waals surface area contributed by atoms with E-state index in [0.717, 1.165) is 23.2 Å². The minimum Gasteiger partial charge on any atom is -0.350 e. The van der Waals surface area contributed by atoms with Crippen LogP contribution in [-0.2, 0) is 13.0 Å². The predicted molar refractivity (Wildman–Crippen MR) is 110 cm³/mol. The van der Waals surface area contributed by atoms with Crippen molar-refractivity contribution in [3.8, 4) is 11.1 Å². The average molecular weight is 377 g/mol. The van der Waals surface area contributed by atoms with Crippen LogP contribution in [0.25, 0.3) is 11.1 Å². The van der Waals surface area contributed by atoms with E-state index < -0.39 is 0 Å². The molecule has 0 bridgehead atoms. The number of halogens is 1. The minimum atomic E-state index is -0.259. The molecule has 1 aromatic heterocycles. The lowest BCUT2D eigenvalue weighted by atomic mass is 10.0. The maximum Gasteiger partial charge on any atom is 0.270 e. The maximum absolute atomic E-state index is 13.7. The van der Waals surface area contributed by atoms with E-state index in [1.165, 1.54) is 6.07 Å². The molecule has 0 unspecified atom stereocenters. The predicted octanol–water partition coefficient (Wildman–Crippen LogP) is 3.92. The fraction of sp³-hybridized carbons (Fsp3) is 0.217. The second kappa shape index (κ2) is 9.24. The van der Waals surface area contributed by atoms with E-state index in [2.05, 4.69) is 27.3 Å². The zero-order chi connectivity index (χ0) is 19.9. The Morgan fingerprint density at radius 1 is 1.07 bits per heavy atom. The third kappa shape index (κ3) is 5.02. The quantitative estimate of drug-likeness (QED) is 0.679. The molecule has 0 atom stereocenters. The van der Waals surface area contributed by atoms with Crippen LogP contribution in [0, 0.1) is 5.82 Å². The number of pyridine rings is 1. The first-order chi connectivity index (χ1) is 13.5. The standard InChI is InChI=1S/C23H24FN3O/c1-27(2)16-17-7-5-9-19(15-17)20-10-6-13-25-22(20)23(28)26-14-12-18-8-3-4-11-21(18)24/h3-11,13,15H,12,14,16H2,1-2H3,(H,26,28). The number of nitrogens with zero attached hydrogens (tertiary/aromatic N) is 2. The van der Waals surface area contributed by atoms with E-state index in [1.807, 2.05) is 38.4 Å². The van der Waals surface area contributed by atoms with Gasteiger partial charge < -0.3 is 10.2 Å². The van der Waals surface area contributed by atoms with Gasteiger partial charge in [0, 0.05) is 24.8 Å². The number of hydrogen-bond acceptors (Lipinski definition) is 3. The lowest BCUT2D eigenvalue weighted by molar-refractivity contribution is 0.0950. The van der Waals surface area contributed by atoms with Crippen molar-refractivity contribution in [1.82, 2.24) is 15.2 Å². The van der Waals surface area contributed by atoms with Gasteiger partial charge in [0.25, 0.3) is 5.91 Å². The van der Waals surface area contributed by atoms with Crippen molar-refractivity contribution in [3.05, 3.63) is 89.5 Å². The molecule has 0 saturated carbocycles. The number of carbonyl (C=O) groups excluding carboxylic acids is 1. The molecule has 0 radical (unpaired) electrons. The molecule has 0 aliphatic heterocycles. The smallest absolute Gasteiger partial charge is 0.270 e. The molecule has 0 saturated heterocycles. The summed E-state index contributed by atoms with van der Waals surface area (Å²) in [5.41, 5.74) is 3.86. The molecule has 0 aliphatic rings. The van der Waals surface area contributed by atoms with Crippen LogP contribution in [0.5, 0.6) is 0 Å². The van der Waals surface area contributed by atoms with Gasteiger partial charge in [-0.2, -0.15) is 0 Å². The molecular weight excluding hydrogens is 353 g/mol. The highest BCUT2D eigenvalue weighted by molar-refractivity contribution is 5.98. The van der Waals surface area contributed by atoms with Crippen molar-refractivity contribution in [2.75, 3.05) is 20.6 Å². The lowest BCUT2D eigenvalue weighted by Crippen LogP contribution is -2.27. The third-order valence-corrected chi connectivity index (χ3v) is 4.40. The Bertz CT molecular complexity index is 956. The van der Waals surface area contributed by atoms with Crippen molar-refractivity contribution in [2.24, 2.45) is 0 Å². The topological polar surface area (TPSA) is 45.2 Å². The van der Waals surface area contributed by atoms with Crippen LogP contribution in [-0.4, -0.2) is 36.4 Å². The Hall–Kier alpha value is -3.05. The summed E-state index contributed by atoms with van der Waals surface area (Å²) in [7, 11) is 4.04. The van der Waals surface area contributed by atoms with Gasteiger partial charge in [-0.1, -0.05) is 42.5 Å². The first-order valence-corrected chi connectivity index (χ1v) is 9.25. The zero-order valence-corrected chi connectivity index (χ0v) is 16.2. The van der Waals surface area contributed by atoms with Crippen molar-refractivity contribution in [2.45, 2.75) is 13.0 Å². The van der Waals surface area contributed by atoms with Crippen molar-refractivity contribution in [3.63, 3.8) is 0 Å². The summed E-state index contributed by atoms with van der Waals surface area (Å²) in [5, 5.41) is 2.86. The number of carbonyl (C=O) groups is 1. The number of nitrogens with one attached hydrogen (secondary N) is 1. The maximum atomic E-state index is 13.7. The Morgan fingerprint density at radius 3 is 2.68 bits per heavy atom. The SMILES string of the molecule is CN(C)Cc1cccc(-c2cccnc2C(=O)NCCc2ccccc2F)c1. The van der Waals surface area contributed by atoms with E-state index in [0.29, 0.717) is 24.2 Å². The normalized spacial score (nSPS) is 10.9. The van der Waals surface area contributed by atoms with Gasteiger partial charge in [-0.25, -0.2) is 4.39 Å². The molecule has 1 heterocycles. The second-order valence-corrected chi connectivity index (χ2v) is 6.94. The van der Waals surface area contributed by atoms with Gasteiger partial charge in [-0.15, -0.1) is 0 Å². The fourth-order valence-electron chi connectivity index (χ4n) is 3.12. The second-order valence-electron chi connectivity index (χ2n) is 6.94. The van der Waals surface area contributed by atoms with Gasteiger partial charge >= 0.3 is 0 Å². The van der Waals surface area contributed by atoms with Gasteiger partial charge in [-0.05, 0) is 55.4 Å². The first-order valence-electron chi connectivity index (χ1n) is 9.25. The zero-order valence-electron chi connectivity index (χ0n) is 16.2. The highest BCUT2D eigenvalue weighted by Gasteiger charge is 2.14. The van der Waals surface area contributed by atoms with Crippen molar-refractivity contribution < 1.29 is 9.18 Å². The summed E-state index contributed by atoms with van der Waals surface area (Å²) < 4.78 is 13.7. The van der Waals surface area contributed by atoms with Crippen molar-refractivity contribution in [1.29, 1.82) is 0 Å². The number of aromatic nitrogens is 1. The van der Waals surface area contributed by atoms with E-state index in [-0.39, 0.29) is 11.7 Å². The lowest BCUT2D eigenvalue weighted by Gasteiger charge is -2.13. The molecular formula is C23H24FN3O. The summed E-state index contributed by atoms with van der Waals surface area (Å²) in [4.78, 5) is 19.1. The molecule has 3 rings (SSSR count). The largest absolute Gasteiger partial charge is 0.350 e. The Balaban J connectivity index is 1.74. The van der Waals surface area contributed by atoms with Crippen LogP contribution in [0.4, 0.5) is 4.39 Å². The van der Waals surface area contributed by atoms with Crippen LogP contribution in [0.1, 0.15) is 21.6 Å². The third-order valence-electron chi connectivity index (χ3n) is 4.40. The van der Waals surface area contributed by atoms with Crippen LogP contribution < -0.4 is 5.32 Å². The Morgan fingerprint density at radius 2 is 1.89 bits per heavy atom. The van der Waals surface area contributed by atoms with E-state index in [9.17, 15) is 9.18 Å². The van der Waals surface area contributed by atoms with Crippen molar-refractivity contribution >= 4 is 5.91 Å². The molecule has 0 aliphatic carbocycles. The monoisotopic (exact) mass is 377 g/mol. The molecule has 5 heteroatoms. The first kappa shape index (κ1) is 19.7. The van der Waals surface area contributed by atoms with Gasteiger partial charge in [0.1, 0.15) is 11.5 Å². The minimum absolute atomic E-state index is 0.256.